The summed E-state index contributed by atoms with van der Waals surface area (Å²) in [5.74, 6) is 0.340. The average Bonchev–Trinajstić information content (AvgIpc) is 2.16. The van der Waals surface area contributed by atoms with Gasteiger partial charge < -0.3 is 4.90 Å². The highest BCUT2D eigenvalue weighted by atomic mass is 35.5. The van der Waals surface area contributed by atoms with Crippen molar-refractivity contribution in [2.24, 2.45) is 5.92 Å². The van der Waals surface area contributed by atoms with Crippen LogP contribution in [0.1, 0.15) is 12.8 Å². The third-order valence-corrected chi connectivity index (χ3v) is 3.23. The molecule has 0 amide bonds. The van der Waals surface area contributed by atoms with Crippen LogP contribution in [0.4, 0.5) is 10.1 Å². The van der Waals surface area contributed by atoms with E-state index in [4.69, 9.17) is 11.6 Å². The zero-order chi connectivity index (χ0) is 10.8. The van der Waals surface area contributed by atoms with Gasteiger partial charge in [0.2, 0.25) is 0 Å². The summed E-state index contributed by atoms with van der Waals surface area (Å²) in [5.41, 5.74) is 0.614. The number of nitrogens with zero attached hydrogens (tertiary/aromatic N) is 2. The molecule has 15 heavy (non-hydrogen) atoms. The molecule has 0 N–H and O–H groups in total. The van der Waals surface area contributed by atoms with Crippen LogP contribution in [-0.2, 0) is 0 Å². The quantitative estimate of drug-likeness (QED) is 0.740. The van der Waals surface area contributed by atoms with Crippen molar-refractivity contribution < 1.29 is 4.39 Å². The Bertz CT molecular complexity index is 339. The monoisotopic (exact) mass is 228 g/mol. The van der Waals surface area contributed by atoms with Crippen molar-refractivity contribution in [1.82, 2.24) is 4.98 Å². The summed E-state index contributed by atoms with van der Waals surface area (Å²) in [6.07, 6.45) is 4.94. The Kier molecular flexibility index (Phi) is 3.10. The first-order chi connectivity index (χ1) is 7.16. The predicted octanol–water partition coefficient (Wildman–Crippen LogP) is 2.67. The van der Waals surface area contributed by atoms with Crippen molar-refractivity contribution in [3.63, 3.8) is 0 Å². The zero-order valence-corrected chi connectivity index (χ0v) is 9.41. The van der Waals surface area contributed by atoms with E-state index in [1.54, 1.807) is 12.3 Å². The number of anilines is 1. The van der Waals surface area contributed by atoms with Gasteiger partial charge in [-0.3, -0.25) is 4.98 Å². The third kappa shape index (κ3) is 2.40. The number of aromatic nitrogens is 1. The second kappa shape index (κ2) is 4.35. The van der Waals surface area contributed by atoms with Crippen LogP contribution in [0, 0.1) is 11.7 Å². The first-order valence-corrected chi connectivity index (χ1v) is 5.55. The molecule has 0 radical (unpaired) electrons. The van der Waals surface area contributed by atoms with Crippen LogP contribution in [0.15, 0.2) is 18.5 Å². The van der Waals surface area contributed by atoms with Crippen LogP contribution in [0.3, 0.4) is 0 Å². The summed E-state index contributed by atoms with van der Waals surface area (Å²) in [6, 6.07) is 1.70. The van der Waals surface area contributed by atoms with E-state index in [1.165, 1.54) is 6.20 Å². The van der Waals surface area contributed by atoms with Crippen LogP contribution >= 0.6 is 11.6 Å². The highest BCUT2D eigenvalue weighted by Gasteiger charge is 2.28. The van der Waals surface area contributed by atoms with Gasteiger partial charge in [0.15, 0.2) is 5.82 Å². The van der Waals surface area contributed by atoms with Crippen LogP contribution in [0.5, 0.6) is 0 Å². The van der Waals surface area contributed by atoms with E-state index in [0.717, 1.165) is 19.4 Å². The van der Waals surface area contributed by atoms with Crippen molar-refractivity contribution in [2.75, 3.05) is 18.5 Å². The molecule has 1 fully saturated rings. The van der Waals surface area contributed by atoms with Gasteiger partial charge in [-0.05, 0) is 24.8 Å². The van der Waals surface area contributed by atoms with E-state index in [0.29, 0.717) is 17.0 Å². The van der Waals surface area contributed by atoms with Gasteiger partial charge in [-0.15, -0.1) is 11.6 Å². The minimum Gasteiger partial charge on any atom is -0.372 e. The first kappa shape index (κ1) is 10.7. The molecule has 0 bridgehead atoms. The second-order valence-corrected chi connectivity index (χ2v) is 4.76. The van der Waals surface area contributed by atoms with Gasteiger partial charge >= 0.3 is 0 Å². The van der Waals surface area contributed by atoms with E-state index < -0.39 is 0 Å². The molecule has 0 aliphatic heterocycles. The lowest BCUT2D eigenvalue weighted by atomic mass is 9.84. The predicted molar refractivity (Wildman–Crippen MR) is 59.8 cm³/mol. The number of halogens is 2. The zero-order valence-electron chi connectivity index (χ0n) is 8.66. The maximum Gasteiger partial charge on any atom is 0.164 e. The molecule has 0 unspecified atom stereocenters. The lowest BCUT2D eigenvalue weighted by Crippen LogP contribution is -2.35. The van der Waals surface area contributed by atoms with Gasteiger partial charge in [0.25, 0.3) is 0 Å². The van der Waals surface area contributed by atoms with Crippen LogP contribution in [-0.4, -0.2) is 24.0 Å². The fourth-order valence-electron chi connectivity index (χ4n) is 1.97. The highest BCUT2D eigenvalue weighted by Crippen LogP contribution is 2.33. The summed E-state index contributed by atoms with van der Waals surface area (Å²) < 4.78 is 13.4. The summed E-state index contributed by atoms with van der Waals surface area (Å²) in [6.45, 7) is 0.865. The Hall–Kier alpha value is -0.830. The lowest BCUT2D eigenvalue weighted by Gasteiger charge is -2.34. The molecule has 2 rings (SSSR count). The van der Waals surface area contributed by atoms with Gasteiger partial charge in [0.1, 0.15) is 0 Å². The standard InChI is InChI=1S/C11H14ClFN2/c1-15(7-8-4-9(12)5-8)11-2-3-14-6-10(11)13/h2-3,6,8-9H,4-5,7H2,1H3. The van der Waals surface area contributed by atoms with E-state index in [1.807, 2.05) is 11.9 Å². The molecular weight excluding hydrogens is 215 g/mol. The molecule has 1 aromatic rings. The fourth-order valence-corrected chi connectivity index (χ4v) is 2.47. The molecule has 1 aromatic heterocycles. The Labute approximate surface area is 94.1 Å². The summed E-state index contributed by atoms with van der Waals surface area (Å²) in [4.78, 5) is 5.66. The van der Waals surface area contributed by atoms with Crippen LogP contribution in [0.25, 0.3) is 0 Å². The second-order valence-electron chi connectivity index (χ2n) is 4.14. The Morgan fingerprint density at radius 2 is 2.33 bits per heavy atom. The molecule has 1 saturated carbocycles. The van der Waals surface area contributed by atoms with E-state index >= 15 is 0 Å². The topological polar surface area (TPSA) is 16.1 Å². The minimum atomic E-state index is -0.262. The van der Waals surface area contributed by atoms with Gasteiger partial charge in [-0.1, -0.05) is 0 Å². The molecule has 0 spiro atoms. The first-order valence-electron chi connectivity index (χ1n) is 5.11. The minimum absolute atomic E-state index is 0.262. The summed E-state index contributed by atoms with van der Waals surface area (Å²) in [7, 11) is 1.90. The Morgan fingerprint density at radius 1 is 1.60 bits per heavy atom. The highest BCUT2D eigenvalue weighted by molar-refractivity contribution is 6.21. The number of hydrogen-bond acceptors (Lipinski definition) is 2. The fraction of sp³-hybridized carbons (Fsp3) is 0.545. The van der Waals surface area contributed by atoms with Crippen molar-refractivity contribution in [2.45, 2.75) is 18.2 Å². The maximum atomic E-state index is 13.4. The van der Waals surface area contributed by atoms with Gasteiger partial charge in [-0.25, -0.2) is 4.39 Å². The van der Waals surface area contributed by atoms with Crippen molar-refractivity contribution >= 4 is 17.3 Å². The number of rotatable bonds is 3. The van der Waals surface area contributed by atoms with Gasteiger partial charge in [0.05, 0.1) is 11.9 Å². The van der Waals surface area contributed by atoms with Gasteiger partial charge in [-0.2, -0.15) is 0 Å². The molecular formula is C11H14ClFN2. The van der Waals surface area contributed by atoms with Crippen LogP contribution in [0.2, 0.25) is 0 Å². The molecule has 1 aliphatic carbocycles. The molecule has 0 saturated heterocycles. The van der Waals surface area contributed by atoms with Crippen molar-refractivity contribution in [3.05, 3.63) is 24.3 Å². The number of alkyl halides is 1. The smallest absolute Gasteiger partial charge is 0.164 e. The number of hydrogen-bond donors (Lipinski definition) is 0. The Morgan fingerprint density at radius 3 is 2.93 bits per heavy atom. The van der Waals surface area contributed by atoms with Crippen LogP contribution < -0.4 is 4.90 Å². The molecule has 82 valence electrons. The normalized spacial score (nSPS) is 24.7. The molecule has 2 nitrogen and oxygen atoms in total. The Balaban J connectivity index is 1.96. The average molecular weight is 229 g/mol. The van der Waals surface area contributed by atoms with E-state index in [2.05, 4.69) is 4.98 Å². The van der Waals surface area contributed by atoms with Crippen molar-refractivity contribution in [3.8, 4) is 0 Å². The molecule has 0 aromatic carbocycles. The summed E-state index contributed by atoms with van der Waals surface area (Å²) >= 11 is 5.90. The molecule has 4 heteroatoms. The molecule has 0 atom stereocenters. The van der Waals surface area contributed by atoms with Gasteiger partial charge in [0, 0.05) is 25.2 Å². The lowest BCUT2D eigenvalue weighted by molar-refractivity contribution is 0.328. The largest absolute Gasteiger partial charge is 0.372 e. The molecule has 1 heterocycles. The van der Waals surface area contributed by atoms with E-state index in [9.17, 15) is 4.39 Å². The molecule has 1 aliphatic rings. The maximum absolute atomic E-state index is 13.4. The van der Waals surface area contributed by atoms with Crippen molar-refractivity contribution in [1.29, 1.82) is 0 Å². The number of pyridine rings is 1. The van der Waals surface area contributed by atoms with E-state index in [-0.39, 0.29) is 5.82 Å². The third-order valence-electron chi connectivity index (χ3n) is 2.87. The summed E-state index contributed by atoms with van der Waals surface area (Å²) in [5, 5.41) is 0.325. The SMILES string of the molecule is CN(CC1CC(Cl)C1)c1ccncc1F.